The highest BCUT2D eigenvalue weighted by Crippen LogP contribution is 2.46. The van der Waals surface area contributed by atoms with E-state index in [-0.39, 0.29) is 30.0 Å². The monoisotopic (exact) mass is 348 g/mol. The number of rotatable bonds is 3. The molecule has 0 bridgehead atoms. The molecule has 0 saturated heterocycles. The number of para-hydroxylation sites is 1. The van der Waals surface area contributed by atoms with E-state index in [9.17, 15) is 26.3 Å². The summed E-state index contributed by atoms with van der Waals surface area (Å²) in [4.78, 5) is 0. The lowest BCUT2D eigenvalue weighted by atomic mass is 10.1. The average molecular weight is 348 g/mol. The molecule has 1 N–H and O–H groups in total. The fraction of sp³-hybridized carbons (Fsp3) is 0.500. The summed E-state index contributed by atoms with van der Waals surface area (Å²) in [7, 11) is -0.953. The molecule has 0 radical (unpaired) electrons. The van der Waals surface area contributed by atoms with Crippen LogP contribution < -0.4 is 14.8 Å². The molecule has 1 atom stereocenters. The zero-order chi connectivity index (χ0) is 16.6. The van der Waals surface area contributed by atoms with E-state index in [0.717, 1.165) is 0 Å². The van der Waals surface area contributed by atoms with Crippen LogP contribution in [-0.4, -0.2) is 42.4 Å². The van der Waals surface area contributed by atoms with E-state index in [1.54, 1.807) is 0 Å². The van der Waals surface area contributed by atoms with E-state index in [1.807, 2.05) is 0 Å². The van der Waals surface area contributed by atoms with Crippen LogP contribution in [-0.2, 0) is 0 Å². The Morgan fingerprint density at radius 2 is 1.59 bits per heavy atom. The Morgan fingerprint density at radius 1 is 1.00 bits per heavy atom. The second-order valence-electron chi connectivity index (χ2n) is 4.54. The van der Waals surface area contributed by atoms with E-state index in [4.69, 9.17) is 14.6 Å². The Bertz CT molecular complexity index is 529. The largest absolute Gasteiger partial charge is 0.486 e. The van der Waals surface area contributed by atoms with Gasteiger partial charge in [-0.15, -0.1) is 0 Å². The summed E-state index contributed by atoms with van der Waals surface area (Å²) in [5.74, 6) is 0.387. The summed E-state index contributed by atoms with van der Waals surface area (Å²) in [5.41, 5.74) is -4.75. The van der Waals surface area contributed by atoms with Gasteiger partial charge in [0.15, 0.2) is 11.5 Å². The van der Waals surface area contributed by atoms with Crippen molar-refractivity contribution in [2.45, 2.75) is 18.0 Å². The summed E-state index contributed by atoms with van der Waals surface area (Å²) >= 11 is 0. The van der Waals surface area contributed by atoms with E-state index in [0.29, 0.717) is 0 Å². The summed E-state index contributed by atoms with van der Waals surface area (Å²) in [5, 5.41) is 9.28. The van der Waals surface area contributed by atoms with Gasteiger partial charge in [-0.2, -0.15) is 26.3 Å². The number of hydrogen-bond donors (Lipinski definition) is 1. The third kappa shape index (κ3) is 3.10. The van der Waals surface area contributed by atoms with Crippen LogP contribution in [0.5, 0.6) is 11.5 Å². The van der Waals surface area contributed by atoms with Gasteiger partial charge in [0.1, 0.15) is 13.2 Å². The van der Waals surface area contributed by atoms with Crippen molar-refractivity contribution >= 4 is 13.9 Å². The molecule has 22 heavy (non-hydrogen) atoms. The van der Waals surface area contributed by atoms with Crippen molar-refractivity contribution in [1.82, 2.24) is 0 Å². The maximum atomic E-state index is 12.6. The Morgan fingerprint density at radius 3 is 2.18 bits per heavy atom. The van der Waals surface area contributed by atoms with Crippen molar-refractivity contribution < 1.29 is 40.9 Å². The van der Waals surface area contributed by atoms with Crippen molar-refractivity contribution in [3.63, 3.8) is 0 Å². The van der Waals surface area contributed by atoms with E-state index < -0.39 is 32.7 Å². The Balaban J connectivity index is 2.25. The lowest BCUT2D eigenvalue weighted by molar-refractivity contribution is -0.358. The number of hydrogen-bond acceptors (Lipinski definition) is 3. The molecular formula is C12H11F6O3P. The molecule has 1 aromatic carbocycles. The van der Waals surface area contributed by atoms with Crippen LogP contribution in [0.4, 0.5) is 26.3 Å². The first-order valence-corrected chi connectivity index (χ1v) is 7.25. The van der Waals surface area contributed by atoms with Gasteiger partial charge in [-0.25, -0.2) is 0 Å². The van der Waals surface area contributed by atoms with Gasteiger partial charge in [0.2, 0.25) is 0 Å². The Hall–Kier alpha value is -1.21. The zero-order valence-corrected chi connectivity index (χ0v) is 11.9. The van der Waals surface area contributed by atoms with Crippen molar-refractivity contribution in [3.05, 3.63) is 18.2 Å². The molecule has 0 saturated carbocycles. The maximum Gasteiger partial charge on any atom is 0.426 e. The smallest absolute Gasteiger partial charge is 0.426 e. The molecule has 3 nitrogen and oxygen atoms in total. The minimum atomic E-state index is -5.82. The first kappa shape index (κ1) is 17.1. The molecule has 0 aliphatic carbocycles. The average Bonchev–Trinajstić information content (AvgIpc) is 2.42. The quantitative estimate of drug-likeness (QED) is 0.674. The van der Waals surface area contributed by atoms with Crippen LogP contribution in [0.25, 0.3) is 0 Å². The minimum absolute atomic E-state index is 0.124. The number of aliphatic hydroxyl groups is 1. The number of alkyl halides is 6. The highest BCUT2D eigenvalue weighted by Gasteiger charge is 2.69. The van der Waals surface area contributed by atoms with Crippen molar-refractivity contribution in [1.29, 1.82) is 0 Å². The van der Waals surface area contributed by atoms with Gasteiger partial charge in [0, 0.05) is 11.5 Å². The molecular weight excluding hydrogens is 337 g/mol. The molecule has 0 spiro atoms. The van der Waals surface area contributed by atoms with Gasteiger partial charge in [0.25, 0.3) is 5.60 Å². The van der Waals surface area contributed by atoms with Gasteiger partial charge < -0.3 is 14.6 Å². The third-order valence-corrected chi connectivity index (χ3v) is 4.50. The van der Waals surface area contributed by atoms with E-state index in [1.165, 1.54) is 18.2 Å². The normalized spacial score (nSPS) is 16.3. The first-order valence-electron chi connectivity index (χ1n) is 6.04. The molecule has 1 heterocycles. The van der Waals surface area contributed by atoms with Crippen LogP contribution in [0.2, 0.25) is 0 Å². The number of ether oxygens (including phenoxy) is 2. The van der Waals surface area contributed by atoms with E-state index >= 15 is 0 Å². The minimum Gasteiger partial charge on any atom is -0.486 e. The molecule has 2 rings (SSSR count). The van der Waals surface area contributed by atoms with E-state index in [2.05, 4.69) is 0 Å². The summed E-state index contributed by atoms with van der Waals surface area (Å²) in [6.07, 6.45) is -13.2. The predicted molar refractivity (Wildman–Crippen MR) is 67.3 cm³/mol. The van der Waals surface area contributed by atoms with Gasteiger partial charge in [-0.1, -0.05) is 20.7 Å². The Labute approximate surface area is 123 Å². The van der Waals surface area contributed by atoms with Gasteiger partial charge >= 0.3 is 12.4 Å². The zero-order valence-electron chi connectivity index (χ0n) is 10.9. The lowest BCUT2D eigenvalue weighted by Crippen LogP contribution is -2.58. The standard InChI is InChI=1S/C12H11F6O3P/c13-11(14,15)10(19,12(16,17)18)6-22-8-3-1-2-7-9(8)21-5-4-20-7/h1-3,19,22H,4-6H2. The fourth-order valence-electron chi connectivity index (χ4n) is 1.80. The van der Waals surface area contributed by atoms with Gasteiger partial charge in [0.05, 0.1) is 0 Å². The number of halogens is 6. The molecule has 1 aromatic rings. The molecule has 10 heteroatoms. The van der Waals surface area contributed by atoms with Crippen LogP contribution in [0.3, 0.4) is 0 Å². The number of benzene rings is 1. The van der Waals surface area contributed by atoms with Gasteiger partial charge in [-0.3, -0.25) is 0 Å². The summed E-state index contributed by atoms with van der Waals surface area (Å²) < 4.78 is 86.2. The second kappa shape index (κ2) is 5.77. The topological polar surface area (TPSA) is 38.7 Å². The molecule has 1 unspecified atom stereocenters. The van der Waals surface area contributed by atoms with Crippen molar-refractivity contribution in [3.8, 4) is 11.5 Å². The molecule has 1 aliphatic heterocycles. The van der Waals surface area contributed by atoms with Crippen LogP contribution in [0.15, 0.2) is 18.2 Å². The maximum absolute atomic E-state index is 12.6. The molecule has 0 aromatic heterocycles. The predicted octanol–water partition coefficient (Wildman–Crippen LogP) is 2.62. The van der Waals surface area contributed by atoms with Crippen LogP contribution in [0, 0.1) is 0 Å². The highest BCUT2D eigenvalue weighted by molar-refractivity contribution is 7.47. The van der Waals surface area contributed by atoms with Crippen LogP contribution >= 0.6 is 8.58 Å². The van der Waals surface area contributed by atoms with Crippen molar-refractivity contribution in [2.75, 3.05) is 19.4 Å². The van der Waals surface area contributed by atoms with Crippen LogP contribution in [0.1, 0.15) is 0 Å². The third-order valence-electron chi connectivity index (χ3n) is 3.04. The SMILES string of the molecule is OC(CPc1cccc2c1OCCO2)(C(F)(F)F)C(F)(F)F. The molecule has 1 aliphatic rings. The fourth-order valence-corrected chi connectivity index (χ4v) is 3.21. The Kier molecular flexibility index (Phi) is 4.50. The molecule has 0 fully saturated rings. The highest BCUT2D eigenvalue weighted by atomic mass is 31.1. The molecule has 124 valence electrons. The second-order valence-corrected chi connectivity index (χ2v) is 5.78. The lowest BCUT2D eigenvalue weighted by Gasteiger charge is -2.32. The molecule has 0 amide bonds. The summed E-state index contributed by atoms with van der Waals surface area (Å²) in [6, 6.07) is 4.29. The summed E-state index contributed by atoms with van der Waals surface area (Å²) in [6.45, 7) is 0.395. The number of fused-ring (bicyclic) bond motifs is 1. The van der Waals surface area contributed by atoms with Gasteiger partial charge in [-0.05, 0) is 6.07 Å². The van der Waals surface area contributed by atoms with Crippen molar-refractivity contribution in [2.24, 2.45) is 0 Å². The first-order chi connectivity index (χ1) is 10.1.